The largest absolute Gasteiger partial charge is 0.394 e. The Hall–Kier alpha value is -1.44. The maximum absolute atomic E-state index is 11.6. The minimum Gasteiger partial charge on any atom is -0.394 e. The molecule has 36 nitrogen and oxygen atoms in total. The number of ether oxygens (including phenoxy) is 13. The lowest BCUT2D eigenvalue weighted by atomic mass is 9.96. The van der Waals surface area contributed by atoms with Crippen LogP contribution in [0.4, 0.5) is 0 Å². The maximum atomic E-state index is 11.6. The molecule has 7 rings (SSSR count). The van der Waals surface area contributed by atoms with Crippen molar-refractivity contribution in [3.05, 3.63) is 0 Å². The number of nitrogens with two attached hydrogens (primary N) is 1. The molecular weight excluding hydrogens is 1080 g/mol. The summed E-state index contributed by atoms with van der Waals surface area (Å²) in [5.74, 6) is 0. The van der Waals surface area contributed by atoms with Crippen LogP contribution in [0.2, 0.25) is 0 Å². The van der Waals surface area contributed by atoms with E-state index in [0.29, 0.717) is 0 Å². The number of aliphatic hydroxyl groups excluding tert-OH is 22. The van der Waals surface area contributed by atoms with Gasteiger partial charge in [-0.05, 0) is 0 Å². The van der Waals surface area contributed by atoms with E-state index in [0.717, 1.165) is 0 Å². The smallest absolute Gasteiger partial charge is 0.187 e. The highest BCUT2D eigenvalue weighted by Crippen LogP contribution is 2.35. The van der Waals surface area contributed by atoms with Gasteiger partial charge in [0.15, 0.2) is 44.0 Å². The molecule has 7 saturated heterocycles. The lowest BCUT2D eigenvalue weighted by Crippen LogP contribution is -2.67. The molecule has 7 aliphatic rings. The van der Waals surface area contributed by atoms with Crippen molar-refractivity contribution in [1.82, 2.24) is 0 Å². The molecule has 456 valence electrons. The first-order valence-corrected chi connectivity index (χ1v) is 24.7. The number of hydrogen-bond donors (Lipinski definition) is 23. The lowest BCUT2D eigenvalue weighted by molar-refractivity contribution is -0.372. The predicted octanol–water partition coefficient (Wildman–Crippen LogP) is -16.3. The summed E-state index contributed by atoms with van der Waals surface area (Å²) in [6.45, 7) is -6.11. The van der Waals surface area contributed by atoms with E-state index in [1.165, 1.54) is 0 Å². The number of aliphatic hydroxyl groups is 22. The molecule has 35 atom stereocenters. The minimum absolute atomic E-state index is 0.822. The van der Waals surface area contributed by atoms with Gasteiger partial charge >= 0.3 is 0 Å². The molecule has 0 aliphatic carbocycles. The highest BCUT2D eigenvalue weighted by atomic mass is 16.8. The van der Waals surface area contributed by atoms with Crippen LogP contribution in [-0.4, -0.2) is 373 Å². The second-order valence-corrected chi connectivity index (χ2v) is 19.8. The third-order valence-electron chi connectivity index (χ3n) is 14.5. The van der Waals surface area contributed by atoms with Gasteiger partial charge in [-0.1, -0.05) is 0 Å². The first-order valence-electron chi connectivity index (χ1n) is 24.7. The fourth-order valence-corrected chi connectivity index (χ4v) is 9.62. The highest BCUT2D eigenvalue weighted by molar-refractivity contribution is 4.99. The van der Waals surface area contributed by atoms with Crippen molar-refractivity contribution in [2.75, 3.05) is 46.2 Å². The maximum Gasteiger partial charge on any atom is 0.187 e. The number of rotatable bonds is 19. The lowest BCUT2D eigenvalue weighted by Gasteiger charge is -2.47. The van der Waals surface area contributed by atoms with Crippen LogP contribution in [0.1, 0.15) is 0 Å². The molecule has 24 N–H and O–H groups in total. The van der Waals surface area contributed by atoms with Gasteiger partial charge in [0.2, 0.25) is 0 Å². The molecule has 0 bridgehead atoms. The van der Waals surface area contributed by atoms with Gasteiger partial charge in [-0.15, -0.1) is 0 Å². The normalized spacial score (nSPS) is 53.5. The molecular formula is C42H73NO35. The summed E-state index contributed by atoms with van der Waals surface area (Å²) in [7, 11) is 0. The fourth-order valence-electron chi connectivity index (χ4n) is 9.62. The highest BCUT2D eigenvalue weighted by Gasteiger charge is 2.56. The quantitative estimate of drug-likeness (QED) is 0.0571. The Bertz CT molecular complexity index is 1820. The SMILES string of the molecule is N[C@H]1[C@H](O[C@@H]2[C@@H](O)[C@H](OC[C@H]3O[C@@H](OC[C@H]4O[C@@H](OC[C@H]5O[C@@H](O)[C@H](O)[C@@H](O)[C@@H]5O)[C@H](O)[C@@H](O[C@@H]5O[C@H](CO)[C@@H](O)[C@H](O)[C@H]5O)[C@@H]4O)[C@H](O)[C@@H](O)[C@@H]3O)O[C@H](CO[C@@H]3O[C@H](CO)[C@@H](O)[C@H](O)[C@H]3O)[C@H]2O)O[C@H](CO)[C@@H](O)[C@@H]1O. The Balaban J connectivity index is 1.06. The molecule has 0 saturated carbocycles. The molecule has 0 aromatic rings. The van der Waals surface area contributed by atoms with Crippen molar-refractivity contribution in [2.24, 2.45) is 5.73 Å². The first-order chi connectivity index (χ1) is 36.8. The summed E-state index contributed by atoms with van der Waals surface area (Å²) in [4.78, 5) is 0. The Labute approximate surface area is 440 Å². The van der Waals surface area contributed by atoms with Crippen LogP contribution in [0.15, 0.2) is 0 Å². The van der Waals surface area contributed by atoms with E-state index in [4.69, 9.17) is 67.3 Å². The first kappa shape index (κ1) is 64.1. The van der Waals surface area contributed by atoms with Gasteiger partial charge < -0.3 is 180 Å². The Morgan fingerprint density at radius 3 is 0.923 bits per heavy atom. The summed E-state index contributed by atoms with van der Waals surface area (Å²) in [6, 6.07) is -1.58. The van der Waals surface area contributed by atoms with Gasteiger partial charge in [0.1, 0.15) is 165 Å². The Kier molecular flexibility index (Phi) is 22.6. The fraction of sp³-hybridized carbons (Fsp3) is 1.00. The standard InChI is InChI=1S/C42H73NO35/c43-15-23(54)16(47)8(1-44)71-37(15)77-34-21(52)13(6-66-38-29(60)25(56)17(48)9(2-45)72-38)75-40(32(34)63)69-5-12-20(51)27(58)30(61)39(74-12)67-7-14-22(53)35(78-42-31(62)26(57)18(49)10(3-46)73-42)33(64)41(76-14)68-4-11-19(50)24(55)28(59)36(65)70-11/h8-42,44-65H,1-7,43H2/t8-,9-,10-,11-,12-,13-,14-,15-,16-,17-,18-,19-,20-,21-,22-,23-,24+,25+,26+,27+,28-,29-,30-,31-,32-,33-,34+,35+,36-,37+,38-,39-,40-,41-,42+/m1/s1. The summed E-state index contributed by atoms with van der Waals surface area (Å²) in [5, 5.41) is 232. The molecule has 7 fully saturated rings. The second-order valence-electron chi connectivity index (χ2n) is 19.8. The molecule has 0 aromatic heterocycles. The summed E-state index contributed by atoms with van der Waals surface area (Å²) in [5.41, 5.74) is 6.04. The molecule has 0 spiro atoms. The van der Waals surface area contributed by atoms with Crippen LogP contribution in [0.3, 0.4) is 0 Å². The Morgan fingerprint density at radius 1 is 0.256 bits per heavy atom. The zero-order valence-electron chi connectivity index (χ0n) is 40.9. The van der Waals surface area contributed by atoms with E-state index in [2.05, 4.69) is 0 Å². The zero-order valence-corrected chi connectivity index (χ0v) is 40.9. The summed E-state index contributed by atoms with van der Waals surface area (Å²) in [6.07, 6.45) is -64.2. The third-order valence-corrected chi connectivity index (χ3v) is 14.5. The predicted molar refractivity (Wildman–Crippen MR) is 234 cm³/mol. The Morgan fingerprint density at radius 2 is 0.526 bits per heavy atom. The van der Waals surface area contributed by atoms with Gasteiger partial charge in [-0.2, -0.15) is 0 Å². The second kappa shape index (κ2) is 27.5. The van der Waals surface area contributed by atoms with Gasteiger partial charge in [-0.25, -0.2) is 0 Å². The molecule has 78 heavy (non-hydrogen) atoms. The van der Waals surface area contributed by atoms with Crippen LogP contribution >= 0.6 is 0 Å². The average molecular weight is 1150 g/mol. The van der Waals surface area contributed by atoms with E-state index in [1.807, 2.05) is 0 Å². The monoisotopic (exact) mass is 1150 g/mol. The molecule has 0 radical (unpaired) electrons. The molecule has 7 aliphatic heterocycles. The molecule has 36 heteroatoms. The third kappa shape index (κ3) is 13.5. The molecule has 0 unspecified atom stereocenters. The molecule has 0 amide bonds. The van der Waals surface area contributed by atoms with Crippen LogP contribution in [-0.2, 0) is 61.6 Å². The zero-order chi connectivity index (χ0) is 57.3. The van der Waals surface area contributed by atoms with Crippen molar-refractivity contribution in [1.29, 1.82) is 0 Å². The van der Waals surface area contributed by atoms with Crippen LogP contribution < -0.4 is 5.73 Å². The minimum atomic E-state index is -2.14. The van der Waals surface area contributed by atoms with E-state index in [1.54, 1.807) is 0 Å². The molecule has 7 heterocycles. The van der Waals surface area contributed by atoms with Gasteiger partial charge in [0, 0.05) is 0 Å². The van der Waals surface area contributed by atoms with Crippen LogP contribution in [0, 0.1) is 0 Å². The van der Waals surface area contributed by atoms with Gasteiger partial charge in [0.05, 0.1) is 52.3 Å². The number of hydrogen-bond acceptors (Lipinski definition) is 36. The van der Waals surface area contributed by atoms with Crippen molar-refractivity contribution in [3.63, 3.8) is 0 Å². The van der Waals surface area contributed by atoms with Gasteiger partial charge in [0.25, 0.3) is 0 Å². The average Bonchev–Trinajstić information content (AvgIpc) is 3.46. The van der Waals surface area contributed by atoms with Crippen molar-refractivity contribution in [2.45, 2.75) is 215 Å². The summed E-state index contributed by atoms with van der Waals surface area (Å²) < 4.78 is 72.6. The van der Waals surface area contributed by atoms with E-state index >= 15 is 0 Å². The van der Waals surface area contributed by atoms with E-state index in [9.17, 15) is 112 Å². The summed E-state index contributed by atoms with van der Waals surface area (Å²) >= 11 is 0. The van der Waals surface area contributed by atoms with E-state index in [-0.39, 0.29) is 0 Å². The van der Waals surface area contributed by atoms with Crippen LogP contribution in [0.25, 0.3) is 0 Å². The van der Waals surface area contributed by atoms with Gasteiger partial charge in [-0.3, -0.25) is 0 Å². The van der Waals surface area contributed by atoms with Crippen molar-refractivity contribution < 1.29 is 174 Å². The van der Waals surface area contributed by atoms with Crippen molar-refractivity contribution in [3.8, 4) is 0 Å². The molecule has 0 aromatic carbocycles. The van der Waals surface area contributed by atoms with Crippen molar-refractivity contribution >= 4 is 0 Å². The van der Waals surface area contributed by atoms with Crippen LogP contribution in [0.5, 0.6) is 0 Å². The van der Waals surface area contributed by atoms with E-state index < -0.39 is 261 Å². The topological polar surface area (TPSA) is 591 Å².